The van der Waals surface area contributed by atoms with Gasteiger partial charge in [-0.05, 0) is 47.9 Å². The number of carbonyl (C=O) groups is 2. The van der Waals surface area contributed by atoms with E-state index in [4.69, 9.17) is 4.74 Å². The van der Waals surface area contributed by atoms with Crippen molar-refractivity contribution >= 4 is 17.5 Å². The molecule has 0 radical (unpaired) electrons. The predicted molar refractivity (Wildman–Crippen MR) is 107 cm³/mol. The zero-order valence-electron chi connectivity index (χ0n) is 16.5. The number of hydrogen-bond donors (Lipinski definition) is 2. The molecule has 154 valence electrons. The van der Waals surface area contributed by atoms with Crippen LogP contribution in [0.5, 0.6) is 0 Å². The van der Waals surface area contributed by atoms with Gasteiger partial charge in [0.15, 0.2) is 0 Å². The van der Waals surface area contributed by atoms with Crippen molar-refractivity contribution < 1.29 is 23.8 Å². The Hall–Kier alpha value is -2.77. The maximum absolute atomic E-state index is 13.0. The number of ether oxygens (including phenoxy) is 1. The standard InChI is InChI=1S/C22H25FN2O4/c1-14(2)11-25-19(12-26)21(29-13-20(25)27)15-5-9-18(10-6-15)24-22(28)16-3-7-17(23)8-4-16/h3-10,14,19,21,26H,11-13H2,1-2H3,(H,24,28). The molecule has 1 saturated heterocycles. The van der Waals surface area contributed by atoms with Crippen molar-refractivity contribution in [3.05, 3.63) is 65.5 Å². The molecule has 6 nitrogen and oxygen atoms in total. The third-order valence-corrected chi connectivity index (χ3v) is 4.81. The second kappa shape index (κ2) is 9.15. The first kappa shape index (κ1) is 21.0. The molecule has 29 heavy (non-hydrogen) atoms. The minimum absolute atomic E-state index is 0.0308. The van der Waals surface area contributed by atoms with Gasteiger partial charge in [0.1, 0.15) is 18.5 Å². The van der Waals surface area contributed by atoms with Gasteiger partial charge in [0.25, 0.3) is 5.91 Å². The topological polar surface area (TPSA) is 78.9 Å². The summed E-state index contributed by atoms with van der Waals surface area (Å²) < 4.78 is 18.7. The van der Waals surface area contributed by atoms with Gasteiger partial charge in [-0.1, -0.05) is 26.0 Å². The van der Waals surface area contributed by atoms with Crippen LogP contribution in [0.2, 0.25) is 0 Å². The summed E-state index contributed by atoms with van der Waals surface area (Å²) in [4.78, 5) is 26.2. The average molecular weight is 400 g/mol. The molecule has 2 aromatic carbocycles. The maximum Gasteiger partial charge on any atom is 0.255 e. The fourth-order valence-corrected chi connectivity index (χ4v) is 3.41. The molecule has 2 N–H and O–H groups in total. The summed E-state index contributed by atoms with van der Waals surface area (Å²) in [6, 6.07) is 11.9. The molecule has 1 fully saturated rings. The number of nitrogens with zero attached hydrogens (tertiary/aromatic N) is 1. The summed E-state index contributed by atoms with van der Waals surface area (Å²) in [5, 5.41) is 12.6. The molecule has 0 saturated carbocycles. The number of aliphatic hydroxyl groups excluding tert-OH is 1. The number of amides is 2. The molecular weight excluding hydrogens is 375 g/mol. The van der Waals surface area contributed by atoms with Crippen LogP contribution in [0.15, 0.2) is 48.5 Å². The lowest BCUT2D eigenvalue weighted by atomic mass is 9.98. The lowest BCUT2D eigenvalue weighted by Crippen LogP contribution is -2.53. The van der Waals surface area contributed by atoms with E-state index in [0.29, 0.717) is 17.8 Å². The van der Waals surface area contributed by atoms with Gasteiger partial charge in [0, 0.05) is 17.8 Å². The van der Waals surface area contributed by atoms with Gasteiger partial charge in [0.2, 0.25) is 5.91 Å². The average Bonchev–Trinajstić information content (AvgIpc) is 2.70. The summed E-state index contributed by atoms with van der Waals surface area (Å²) in [6.07, 6.45) is -0.446. The van der Waals surface area contributed by atoms with Gasteiger partial charge < -0.3 is 20.1 Å². The Morgan fingerprint density at radius 3 is 2.45 bits per heavy atom. The lowest BCUT2D eigenvalue weighted by Gasteiger charge is -2.41. The number of nitrogens with one attached hydrogen (secondary N) is 1. The molecule has 1 aliphatic rings. The molecule has 2 atom stereocenters. The molecule has 0 aromatic heterocycles. The zero-order chi connectivity index (χ0) is 21.0. The van der Waals surface area contributed by atoms with Gasteiger partial charge in [-0.25, -0.2) is 4.39 Å². The number of benzene rings is 2. The first-order valence-electron chi connectivity index (χ1n) is 9.58. The minimum atomic E-state index is -0.460. The minimum Gasteiger partial charge on any atom is -0.394 e. The van der Waals surface area contributed by atoms with E-state index in [1.165, 1.54) is 24.3 Å². The van der Waals surface area contributed by atoms with E-state index in [2.05, 4.69) is 5.32 Å². The van der Waals surface area contributed by atoms with Crippen LogP contribution in [-0.2, 0) is 9.53 Å². The van der Waals surface area contributed by atoms with Crippen LogP contribution in [0.1, 0.15) is 35.9 Å². The second-order valence-electron chi connectivity index (χ2n) is 7.50. The van der Waals surface area contributed by atoms with Gasteiger partial charge in [0.05, 0.1) is 12.6 Å². The van der Waals surface area contributed by atoms with E-state index in [0.717, 1.165) is 5.56 Å². The van der Waals surface area contributed by atoms with E-state index in [1.54, 1.807) is 29.2 Å². The second-order valence-corrected chi connectivity index (χ2v) is 7.50. The Labute approximate surface area is 169 Å². The Morgan fingerprint density at radius 2 is 1.86 bits per heavy atom. The normalized spacial score (nSPS) is 19.5. The van der Waals surface area contributed by atoms with Crippen molar-refractivity contribution in [3.63, 3.8) is 0 Å². The van der Waals surface area contributed by atoms with E-state index < -0.39 is 18.0 Å². The molecule has 7 heteroatoms. The van der Waals surface area contributed by atoms with E-state index >= 15 is 0 Å². The van der Waals surface area contributed by atoms with Crippen molar-refractivity contribution in [2.24, 2.45) is 5.92 Å². The number of hydrogen-bond acceptors (Lipinski definition) is 4. The molecule has 0 spiro atoms. The smallest absolute Gasteiger partial charge is 0.255 e. The molecule has 2 amide bonds. The number of halogens is 1. The summed E-state index contributed by atoms with van der Waals surface area (Å²) >= 11 is 0. The molecule has 1 aliphatic heterocycles. The highest BCUT2D eigenvalue weighted by atomic mass is 19.1. The highest BCUT2D eigenvalue weighted by molar-refractivity contribution is 6.04. The maximum atomic E-state index is 13.0. The summed E-state index contributed by atoms with van der Waals surface area (Å²) in [5.41, 5.74) is 1.74. The Morgan fingerprint density at radius 1 is 1.21 bits per heavy atom. The van der Waals surface area contributed by atoms with E-state index in [9.17, 15) is 19.1 Å². The van der Waals surface area contributed by atoms with E-state index in [-0.39, 0.29) is 30.9 Å². The van der Waals surface area contributed by atoms with Crippen molar-refractivity contribution in [2.45, 2.75) is 26.0 Å². The first-order valence-corrected chi connectivity index (χ1v) is 9.58. The number of aliphatic hydroxyl groups is 1. The van der Waals surface area contributed by atoms with Crippen LogP contribution in [0, 0.1) is 11.7 Å². The highest BCUT2D eigenvalue weighted by Gasteiger charge is 2.37. The van der Waals surface area contributed by atoms with Crippen LogP contribution in [0.25, 0.3) is 0 Å². The zero-order valence-corrected chi connectivity index (χ0v) is 16.5. The quantitative estimate of drug-likeness (QED) is 0.781. The van der Waals surface area contributed by atoms with Crippen LogP contribution >= 0.6 is 0 Å². The third-order valence-electron chi connectivity index (χ3n) is 4.81. The van der Waals surface area contributed by atoms with Crippen LogP contribution < -0.4 is 5.32 Å². The Balaban J connectivity index is 1.72. The molecule has 1 heterocycles. The Bertz CT molecular complexity index is 852. The van der Waals surface area contributed by atoms with Gasteiger partial charge >= 0.3 is 0 Å². The number of morpholine rings is 1. The summed E-state index contributed by atoms with van der Waals surface area (Å²) in [7, 11) is 0. The van der Waals surface area contributed by atoms with Crippen LogP contribution in [0.3, 0.4) is 0 Å². The largest absolute Gasteiger partial charge is 0.394 e. The fraction of sp³-hybridized carbons (Fsp3) is 0.364. The van der Waals surface area contributed by atoms with Gasteiger partial charge in [-0.15, -0.1) is 0 Å². The third kappa shape index (κ3) is 4.99. The van der Waals surface area contributed by atoms with Gasteiger partial charge in [-0.2, -0.15) is 0 Å². The van der Waals surface area contributed by atoms with Crippen molar-refractivity contribution in [1.82, 2.24) is 4.90 Å². The molecule has 2 aromatic rings. The fourth-order valence-electron chi connectivity index (χ4n) is 3.41. The number of anilines is 1. The van der Waals surface area contributed by atoms with Gasteiger partial charge in [-0.3, -0.25) is 9.59 Å². The van der Waals surface area contributed by atoms with Crippen LogP contribution in [0.4, 0.5) is 10.1 Å². The summed E-state index contributed by atoms with van der Waals surface area (Å²) in [6.45, 7) is 4.36. The van der Waals surface area contributed by atoms with Crippen LogP contribution in [-0.4, -0.2) is 47.6 Å². The first-order chi connectivity index (χ1) is 13.9. The lowest BCUT2D eigenvalue weighted by molar-refractivity contribution is -0.161. The summed E-state index contributed by atoms with van der Waals surface area (Å²) in [5.74, 6) is -0.594. The van der Waals surface area contributed by atoms with Crippen molar-refractivity contribution in [1.29, 1.82) is 0 Å². The molecule has 0 bridgehead atoms. The predicted octanol–water partition coefficient (Wildman–Crippen LogP) is 2.99. The van der Waals surface area contributed by atoms with E-state index in [1.807, 2.05) is 13.8 Å². The van der Waals surface area contributed by atoms with Crippen molar-refractivity contribution in [3.8, 4) is 0 Å². The number of rotatable bonds is 6. The number of carbonyl (C=O) groups excluding carboxylic acids is 2. The molecular formula is C22H25FN2O4. The van der Waals surface area contributed by atoms with Crippen molar-refractivity contribution in [2.75, 3.05) is 25.1 Å². The Kier molecular flexibility index (Phi) is 6.61. The monoisotopic (exact) mass is 400 g/mol. The highest BCUT2D eigenvalue weighted by Crippen LogP contribution is 2.30. The molecule has 0 aliphatic carbocycles. The molecule has 3 rings (SSSR count). The SMILES string of the molecule is CC(C)CN1C(=O)COC(c2ccc(NC(=O)c3ccc(F)cc3)cc2)C1CO. The molecule has 2 unspecified atom stereocenters.